The summed E-state index contributed by atoms with van der Waals surface area (Å²) < 4.78 is 0. The molecule has 0 aliphatic rings. The number of unbranched alkanes of at least 4 members (excludes halogenated alkanes) is 1. The van der Waals surface area contributed by atoms with Crippen LogP contribution in [0.3, 0.4) is 0 Å². The molecule has 0 aromatic carbocycles. The Balaban J connectivity index is 2.15. The van der Waals surface area contributed by atoms with Crippen LogP contribution in [0.15, 0.2) is 40.1 Å². The Hall–Kier alpha value is -1.82. The molecule has 1 atom stereocenters. The Morgan fingerprint density at radius 3 is 2.30 bits per heavy atom. The SMILES string of the molecule is CCCCC(N=[N+]=[N-])C(=O)N(Cc1cccs1)Cc1cccs1. The van der Waals surface area contributed by atoms with E-state index in [1.807, 2.05) is 35.0 Å². The average molecular weight is 348 g/mol. The number of azide groups is 1. The van der Waals surface area contributed by atoms with Gasteiger partial charge in [-0.3, -0.25) is 4.79 Å². The van der Waals surface area contributed by atoms with Crippen molar-refractivity contribution < 1.29 is 4.79 Å². The lowest BCUT2D eigenvalue weighted by atomic mass is 10.1. The lowest BCUT2D eigenvalue weighted by Crippen LogP contribution is -2.37. The standard InChI is InChI=1S/C16H20N4OS2/c1-2-3-8-15(18-19-17)16(21)20(11-13-6-4-9-22-13)12-14-7-5-10-23-14/h4-7,9-10,15H,2-3,8,11-12H2,1H3. The van der Waals surface area contributed by atoms with Gasteiger partial charge in [-0.1, -0.05) is 37.0 Å². The number of thiophene rings is 2. The van der Waals surface area contributed by atoms with Crippen LogP contribution in [0.25, 0.3) is 10.4 Å². The summed E-state index contributed by atoms with van der Waals surface area (Å²) in [5, 5.41) is 7.75. The summed E-state index contributed by atoms with van der Waals surface area (Å²) in [5.41, 5.74) is 8.77. The Morgan fingerprint density at radius 1 is 1.26 bits per heavy atom. The van der Waals surface area contributed by atoms with E-state index >= 15 is 0 Å². The summed E-state index contributed by atoms with van der Waals surface area (Å²) in [5.74, 6) is -0.0851. The van der Waals surface area contributed by atoms with Crippen molar-refractivity contribution in [2.24, 2.45) is 5.11 Å². The van der Waals surface area contributed by atoms with Crippen LogP contribution in [0.4, 0.5) is 0 Å². The van der Waals surface area contributed by atoms with Crippen molar-refractivity contribution in [3.63, 3.8) is 0 Å². The zero-order chi connectivity index (χ0) is 16.5. The Labute approximate surface area is 144 Å². The van der Waals surface area contributed by atoms with Crippen molar-refractivity contribution in [2.75, 3.05) is 0 Å². The highest BCUT2D eigenvalue weighted by atomic mass is 32.1. The lowest BCUT2D eigenvalue weighted by molar-refractivity contribution is -0.133. The molecule has 0 spiro atoms. The Morgan fingerprint density at radius 2 is 1.87 bits per heavy atom. The summed E-state index contributed by atoms with van der Waals surface area (Å²) in [6.07, 6.45) is 2.45. The molecule has 1 amide bonds. The molecule has 0 saturated carbocycles. The van der Waals surface area contributed by atoms with E-state index in [4.69, 9.17) is 5.53 Å². The topological polar surface area (TPSA) is 69.1 Å². The molecule has 0 aliphatic carbocycles. The highest BCUT2D eigenvalue weighted by molar-refractivity contribution is 7.10. The lowest BCUT2D eigenvalue weighted by Gasteiger charge is -2.24. The molecule has 0 saturated heterocycles. The summed E-state index contributed by atoms with van der Waals surface area (Å²) in [7, 11) is 0. The minimum absolute atomic E-state index is 0.0851. The van der Waals surface area contributed by atoms with Crippen LogP contribution in [0.5, 0.6) is 0 Å². The highest BCUT2D eigenvalue weighted by Gasteiger charge is 2.24. The van der Waals surface area contributed by atoms with E-state index in [2.05, 4.69) is 16.9 Å². The zero-order valence-electron chi connectivity index (χ0n) is 13.1. The smallest absolute Gasteiger partial charge is 0.232 e. The maximum atomic E-state index is 12.9. The third kappa shape index (κ3) is 5.39. The molecule has 0 aliphatic heterocycles. The fourth-order valence-electron chi connectivity index (χ4n) is 2.29. The van der Waals surface area contributed by atoms with Crippen LogP contribution in [0, 0.1) is 0 Å². The fraction of sp³-hybridized carbons (Fsp3) is 0.438. The molecule has 0 N–H and O–H groups in total. The number of rotatable bonds is 9. The van der Waals surface area contributed by atoms with E-state index in [9.17, 15) is 4.79 Å². The monoisotopic (exact) mass is 348 g/mol. The van der Waals surface area contributed by atoms with Crippen molar-refractivity contribution in [1.29, 1.82) is 0 Å². The fourth-order valence-corrected chi connectivity index (χ4v) is 3.73. The molecular formula is C16H20N4OS2. The second kappa shape index (κ2) is 9.35. The molecular weight excluding hydrogens is 328 g/mol. The first-order valence-electron chi connectivity index (χ1n) is 7.62. The molecule has 2 rings (SSSR count). The van der Waals surface area contributed by atoms with Crippen LogP contribution in [-0.4, -0.2) is 16.8 Å². The van der Waals surface area contributed by atoms with E-state index in [0.29, 0.717) is 19.5 Å². The maximum Gasteiger partial charge on any atom is 0.232 e. The van der Waals surface area contributed by atoms with Gasteiger partial charge >= 0.3 is 0 Å². The molecule has 2 heterocycles. The Kier molecular flexibility index (Phi) is 7.13. The van der Waals surface area contributed by atoms with Crippen LogP contribution >= 0.6 is 22.7 Å². The minimum Gasteiger partial charge on any atom is -0.332 e. The first-order valence-corrected chi connectivity index (χ1v) is 9.38. The van der Waals surface area contributed by atoms with Crippen molar-refractivity contribution >= 4 is 28.6 Å². The number of carbonyl (C=O) groups excluding carboxylic acids is 1. The summed E-state index contributed by atoms with van der Waals surface area (Å²) in [6.45, 7) is 3.17. The van der Waals surface area contributed by atoms with Gasteiger partial charge < -0.3 is 4.90 Å². The van der Waals surface area contributed by atoms with Crippen LogP contribution in [0.2, 0.25) is 0 Å². The first-order chi connectivity index (χ1) is 11.2. The quantitative estimate of drug-likeness (QED) is 0.348. The van der Waals surface area contributed by atoms with E-state index in [1.54, 1.807) is 27.6 Å². The van der Waals surface area contributed by atoms with Crippen molar-refractivity contribution in [2.45, 2.75) is 45.3 Å². The predicted molar refractivity (Wildman–Crippen MR) is 95.4 cm³/mol. The second-order valence-electron chi connectivity index (χ2n) is 5.22. The van der Waals surface area contributed by atoms with Crippen molar-refractivity contribution in [3.8, 4) is 0 Å². The molecule has 2 aromatic rings. The normalized spacial score (nSPS) is 11.7. The van der Waals surface area contributed by atoms with Gasteiger partial charge in [-0.2, -0.15) is 0 Å². The number of amides is 1. The van der Waals surface area contributed by atoms with Crippen molar-refractivity contribution in [1.82, 2.24) is 4.90 Å². The van der Waals surface area contributed by atoms with Crippen LogP contribution in [-0.2, 0) is 17.9 Å². The number of nitrogens with zero attached hydrogens (tertiary/aromatic N) is 4. The van der Waals surface area contributed by atoms with Gasteiger partial charge in [0.2, 0.25) is 5.91 Å². The van der Waals surface area contributed by atoms with Crippen LogP contribution < -0.4 is 0 Å². The largest absolute Gasteiger partial charge is 0.332 e. The molecule has 23 heavy (non-hydrogen) atoms. The molecule has 0 bridgehead atoms. The van der Waals surface area contributed by atoms with E-state index in [-0.39, 0.29) is 5.91 Å². The van der Waals surface area contributed by atoms with Crippen LogP contribution in [0.1, 0.15) is 35.9 Å². The summed E-state index contributed by atoms with van der Waals surface area (Å²) in [6, 6.07) is 7.40. The molecule has 0 radical (unpaired) electrons. The number of hydrogen-bond acceptors (Lipinski definition) is 4. The number of carbonyl (C=O) groups is 1. The van der Waals surface area contributed by atoms with Gasteiger partial charge in [0.1, 0.15) is 6.04 Å². The number of hydrogen-bond donors (Lipinski definition) is 0. The zero-order valence-corrected chi connectivity index (χ0v) is 14.7. The summed E-state index contributed by atoms with van der Waals surface area (Å²) in [4.78, 5) is 19.8. The first kappa shape index (κ1) is 17.5. The van der Waals surface area contributed by atoms with Gasteiger partial charge in [0.15, 0.2) is 0 Å². The highest BCUT2D eigenvalue weighted by Crippen LogP contribution is 2.20. The molecule has 122 valence electrons. The molecule has 7 heteroatoms. The van der Waals surface area contributed by atoms with Crippen molar-refractivity contribution in [3.05, 3.63) is 55.2 Å². The Bertz CT molecular complexity index is 597. The minimum atomic E-state index is -0.611. The third-order valence-corrected chi connectivity index (χ3v) is 5.19. The van der Waals surface area contributed by atoms with Gasteiger partial charge in [0.25, 0.3) is 0 Å². The molecule has 1 unspecified atom stereocenters. The van der Waals surface area contributed by atoms with E-state index in [1.165, 1.54) is 0 Å². The molecule has 5 nitrogen and oxygen atoms in total. The van der Waals surface area contributed by atoms with E-state index in [0.717, 1.165) is 22.6 Å². The molecule has 2 aromatic heterocycles. The van der Waals surface area contributed by atoms with Gasteiger partial charge in [-0.25, -0.2) is 0 Å². The van der Waals surface area contributed by atoms with Gasteiger partial charge in [0.05, 0.1) is 13.1 Å². The van der Waals surface area contributed by atoms with Gasteiger partial charge in [0, 0.05) is 14.7 Å². The average Bonchev–Trinajstić information content (AvgIpc) is 3.24. The van der Waals surface area contributed by atoms with E-state index < -0.39 is 6.04 Å². The predicted octanol–water partition coefficient (Wildman–Crippen LogP) is 5.21. The van der Waals surface area contributed by atoms with Gasteiger partial charge in [-0.15, -0.1) is 22.7 Å². The third-order valence-electron chi connectivity index (χ3n) is 3.47. The second-order valence-corrected chi connectivity index (χ2v) is 7.28. The van der Waals surface area contributed by atoms with Gasteiger partial charge in [-0.05, 0) is 34.8 Å². The maximum absolute atomic E-state index is 12.9. The molecule has 0 fully saturated rings. The summed E-state index contributed by atoms with van der Waals surface area (Å²) >= 11 is 3.26.